The Morgan fingerprint density at radius 1 is 0.933 bits per heavy atom. The van der Waals surface area contributed by atoms with Crippen molar-refractivity contribution < 1.29 is 4.39 Å². The van der Waals surface area contributed by atoms with Crippen molar-refractivity contribution in [3.8, 4) is 11.1 Å². The first-order valence-corrected chi connectivity index (χ1v) is 5.50. The Bertz CT molecular complexity index is 448. The van der Waals surface area contributed by atoms with Crippen molar-refractivity contribution >= 4 is 15.9 Å². The van der Waals surface area contributed by atoms with E-state index in [2.05, 4.69) is 15.9 Å². The van der Waals surface area contributed by atoms with Crippen LogP contribution < -0.4 is 0 Å². The molecule has 0 atom stereocenters. The highest BCUT2D eigenvalue weighted by Crippen LogP contribution is 2.27. The second kappa shape index (κ2) is 4.58. The molecule has 2 aromatic rings. The van der Waals surface area contributed by atoms with E-state index in [4.69, 9.17) is 0 Å². The predicted molar refractivity (Wildman–Crippen MR) is 64.4 cm³/mol. The second-order valence-corrected chi connectivity index (χ2v) is 4.16. The smallest absolute Gasteiger partial charge is 0.115 e. The Hall–Kier alpha value is -1.15. The molecule has 0 fully saturated rings. The van der Waals surface area contributed by atoms with E-state index >= 15 is 0 Å². The lowest BCUT2D eigenvalue weighted by Gasteiger charge is -2.04. The summed E-state index contributed by atoms with van der Waals surface area (Å²) in [6, 6.07) is 15.5. The van der Waals surface area contributed by atoms with E-state index in [-0.39, 0.29) is 0 Å². The molecule has 15 heavy (non-hydrogen) atoms. The number of rotatable bonds is 2. The number of alkyl halides is 1. The van der Waals surface area contributed by atoms with Gasteiger partial charge >= 0.3 is 0 Å². The van der Waals surface area contributed by atoms with Crippen LogP contribution in [0.1, 0.15) is 5.56 Å². The van der Waals surface area contributed by atoms with Gasteiger partial charge in [-0.05, 0) is 22.8 Å². The second-order valence-electron chi connectivity index (χ2n) is 3.31. The lowest BCUT2D eigenvalue weighted by molar-refractivity contribution is 0.485. The molecule has 0 aliphatic rings. The van der Waals surface area contributed by atoms with Gasteiger partial charge in [-0.1, -0.05) is 58.4 Å². The van der Waals surface area contributed by atoms with E-state index in [1.165, 1.54) is 0 Å². The third kappa shape index (κ3) is 2.26. The first kappa shape index (κ1) is 10.4. The maximum atomic E-state index is 12.3. The van der Waals surface area contributed by atoms with Gasteiger partial charge in [-0.15, -0.1) is 0 Å². The Labute approximate surface area is 96.9 Å². The summed E-state index contributed by atoms with van der Waals surface area (Å²) in [5, 5.41) is 0. The standard InChI is InChI=1S/C13H10BrF/c14-13-4-2-1-3-12(13)11-7-5-10(9-15)6-8-11/h1-8H,9H2. The normalized spacial score (nSPS) is 10.3. The molecule has 0 aliphatic carbocycles. The lowest BCUT2D eigenvalue weighted by Crippen LogP contribution is -1.81. The van der Waals surface area contributed by atoms with Crippen molar-refractivity contribution in [2.24, 2.45) is 0 Å². The summed E-state index contributed by atoms with van der Waals surface area (Å²) in [6.45, 7) is -0.407. The lowest BCUT2D eigenvalue weighted by atomic mass is 10.0. The summed E-state index contributed by atoms with van der Waals surface area (Å²) < 4.78 is 13.4. The number of hydrogen-bond donors (Lipinski definition) is 0. The van der Waals surface area contributed by atoms with E-state index in [0.717, 1.165) is 15.6 Å². The monoisotopic (exact) mass is 264 g/mol. The van der Waals surface area contributed by atoms with Crippen LogP contribution in [0.15, 0.2) is 53.0 Å². The van der Waals surface area contributed by atoms with Crippen LogP contribution in [0.3, 0.4) is 0 Å². The van der Waals surface area contributed by atoms with Gasteiger partial charge in [0.2, 0.25) is 0 Å². The highest BCUT2D eigenvalue weighted by molar-refractivity contribution is 9.10. The van der Waals surface area contributed by atoms with Gasteiger partial charge in [-0.3, -0.25) is 0 Å². The van der Waals surface area contributed by atoms with Crippen LogP contribution in [0.25, 0.3) is 11.1 Å². The van der Waals surface area contributed by atoms with Crippen LogP contribution in [0, 0.1) is 0 Å². The average Bonchev–Trinajstić information content (AvgIpc) is 2.30. The largest absolute Gasteiger partial charge is 0.246 e. The third-order valence-electron chi connectivity index (χ3n) is 2.29. The molecule has 0 spiro atoms. The molecule has 0 bridgehead atoms. The minimum atomic E-state index is -0.407. The van der Waals surface area contributed by atoms with Gasteiger partial charge in [-0.2, -0.15) is 0 Å². The third-order valence-corrected chi connectivity index (χ3v) is 2.98. The molecule has 0 radical (unpaired) electrons. The highest BCUT2D eigenvalue weighted by atomic mass is 79.9. The first-order valence-electron chi connectivity index (χ1n) is 4.71. The van der Waals surface area contributed by atoms with Gasteiger partial charge in [0.25, 0.3) is 0 Å². The first-order chi connectivity index (χ1) is 7.31. The van der Waals surface area contributed by atoms with Crippen molar-refractivity contribution in [3.63, 3.8) is 0 Å². The maximum Gasteiger partial charge on any atom is 0.115 e. The summed E-state index contributed by atoms with van der Waals surface area (Å²) in [5.41, 5.74) is 2.94. The summed E-state index contributed by atoms with van der Waals surface area (Å²) in [7, 11) is 0. The molecule has 0 unspecified atom stereocenters. The fraction of sp³-hybridized carbons (Fsp3) is 0.0769. The van der Waals surface area contributed by atoms with E-state index in [1.807, 2.05) is 48.5 Å². The zero-order chi connectivity index (χ0) is 10.7. The number of halogens is 2. The molecule has 0 amide bonds. The molecule has 2 rings (SSSR count). The van der Waals surface area contributed by atoms with Crippen molar-refractivity contribution in [1.82, 2.24) is 0 Å². The Morgan fingerprint density at radius 2 is 1.60 bits per heavy atom. The zero-order valence-electron chi connectivity index (χ0n) is 8.08. The van der Waals surface area contributed by atoms with Crippen LogP contribution in [0.4, 0.5) is 4.39 Å². The van der Waals surface area contributed by atoms with Crippen LogP contribution >= 0.6 is 15.9 Å². The van der Waals surface area contributed by atoms with Crippen molar-refractivity contribution in [3.05, 3.63) is 58.6 Å². The van der Waals surface area contributed by atoms with E-state index in [1.54, 1.807) is 0 Å². The summed E-state index contributed by atoms with van der Waals surface area (Å²) in [6.07, 6.45) is 0. The van der Waals surface area contributed by atoms with Crippen molar-refractivity contribution in [1.29, 1.82) is 0 Å². The Balaban J connectivity index is 2.42. The van der Waals surface area contributed by atoms with Gasteiger partial charge in [0.05, 0.1) is 0 Å². The van der Waals surface area contributed by atoms with Crippen LogP contribution in [0.2, 0.25) is 0 Å². The molecule has 0 N–H and O–H groups in total. The number of benzene rings is 2. The molecule has 0 heterocycles. The molecule has 0 saturated heterocycles. The molecule has 0 saturated carbocycles. The predicted octanol–water partition coefficient (Wildman–Crippen LogP) is 4.59. The Kier molecular flexibility index (Phi) is 3.17. The summed E-state index contributed by atoms with van der Waals surface area (Å²) >= 11 is 3.49. The molecule has 2 aromatic carbocycles. The van der Waals surface area contributed by atoms with Gasteiger partial charge in [-0.25, -0.2) is 4.39 Å². The fourth-order valence-electron chi connectivity index (χ4n) is 1.47. The quantitative estimate of drug-likeness (QED) is 0.745. The molecular weight excluding hydrogens is 255 g/mol. The van der Waals surface area contributed by atoms with Crippen LogP contribution in [-0.2, 0) is 6.67 Å². The van der Waals surface area contributed by atoms with Gasteiger partial charge < -0.3 is 0 Å². The van der Waals surface area contributed by atoms with Crippen LogP contribution in [0.5, 0.6) is 0 Å². The zero-order valence-corrected chi connectivity index (χ0v) is 9.67. The number of hydrogen-bond acceptors (Lipinski definition) is 0. The van der Waals surface area contributed by atoms with Crippen molar-refractivity contribution in [2.45, 2.75) is 6.67 Å². The van der Waals surface area contributed by atoms with E-state index in [9.17, 15) is 4.39 Å². The summed E-state index contributed by atoms with van der Waals surface area (Å²) in [5.74, 6) is 0. The minimum Gasteiger partial charge on any atom is -0.246 e. The average molecular weight is 265 g/mol. The maximum absolute atomic E-state index is 12.3. The highest BCUT2D eigenvalue weighted by Gasteiger charge is 2.01. The van der Waals surface area contributed by atoms with Crippen LogP contribution in [-0.4, -0.2) is 0 Å². The van der Waals surface area contributed by atoms with Gasteiger partial charge in [0.15, 0.2) is 0 Å². The molecular formula is C13H10BrF. The fourth-order valence-corrected chi connectivity index (χ4v) is 1.98. The SMILES string of the molecule is FCc1ccc(-c2ccccc2Br)cc1. The molecule has 2 heteroatoms. The Morgan fingerprint density at radius 3 is 2.20 bits per heavy atom. The van der Waals surface area contributed by atoms with Crippen molar-refractivity contribution in [2.75, 3.05) is 0 Å². The topological polar surface area (TPSA) is 0 Å². The van der Waals surface area contributed by atoms with E-state index < -0.39 is 6.67 Å². The minimum absolute atomic E-state index is 0.407. The molecule has 0 aliphatic heterocycles. The molecule has 0 nitrogen and oxygen atoms in total. The van der Waals surface area contributed by atoms with Gasteiger partial charge in [0.1, 0.15) is 6.67 Å². The molecule has 76 valence electrons. The molecule has 0 aromatic heterocycles. The van der Waals surface area contributed by atoms with Gasteiger partial charge in [0, 0.05) is 4.47 Å². The van der Waals surface area contributed by atoms with E-state index in [0.29, 0.717) is 5.56 Å². The summed E-state index contributed by atoms with van der Waals surface area (Å²) in [4.78, 5) is 0.